The highest BCUT2D eigenvalue weighted by atomic mass is 16.5. The van der Waals surface area contributed by atoms with Gasteiger partial charge >= 0.3 is 0 Å². The molecule has 26 heavy (non-hydrogen) atoms. The summed E-state index contributed by atoms with van der Waals surface area (Å²) in [5, 5.41) is 9.58. The molecule has 2 atom stereocenters. The zero-order valence-electron chi connectivity index (χ0n) is 15.4. The highest BCUT2D eigenvalue weighted by Crippen LogP contribution is 2.45. The van der Waals surface area contributed by atoms with Crippen molar-refractivity contribution in [2.75, 3.05) is 13.7 Å². The zero-order valence-corrected chi connectivity index (χ0v) is 15.4. The van der Waals surface area contributed by atoms with Crippen molar-refractivity contribution in [1.29, 1.82) is 0 Å². The van der Waals surface area contributed by atoms with E-state index in [1.807, 2.05) is 32.0 Å². The molecule has 0 aliphatic carbocycles. The molecule has 2 unspecified atom stereocenters. The lowest BCUT2D eigenvalue weighted by atomic mass is 9.84. The van der Waals surface area contributed by atoms with Crippen molar-refractivity contribution in [1.82, 2.24) is 0 Å². The molecule has 4 heteroatoms. The Hall–Kier alpha value is -2.46. The van der Waals surface area contributed by atoms with Gasteiger partial charge in [0.15, 0.2) is 0 Å². The smallest absolute Gasteiger partial charge is 0.134 e. The van der Waals surface area contributed by atoms with Crippen molar-refractivity contribution < 1.29 is 19.3 Å². The SMILES string of the molecule is COCC1Oc2c(ccc3c2C=CC(C)(C)O3)CC1c1ccc(O)cc1. The number of hydrogen-bond acceptors (Lipinski definition) is 4. The Bertz CT molecular complexity index is 836. The Morgan fingerprint density at radius 3 is 2.65 bits per heavy atom. The van der Waals surface area contributed by atoms with Gasteiger partial charge in [0.1, 0.15) is 29.0 Å². The number of aromatic hydroxyl groups is 1. The van der Waals surface area contributed by atoms with Crippen molar-refractivity contribution in [3.05, 3.63) is 59.2 Å². The number of ether oxygens (including phenoxy) is 3. The molecular weight excluding hydrogens is 328 g/mol. The Morgan fingerprint density at radius 2 is 1.92 bits per heavy atom. The number of fused-ring (bicyclic) bond motifs is 3. The molecule has 136 valence electrons. The molecule has 2 aliphatic rings. The molecule has 0 fully saturated rings. The first kappa shape index (κ1) is 17.0. The predicted molar refractivity (Wildman–Crippen MR) is 101 cm³/mol. The molecule has 0 aromatic heterocycles. The van der Waals surface area contributed by atoms with Crippen molar-refractivity contribution in [3.63, 3.8) is 0 Å². The lowest BCUT2D eigenvalue weighted by molar-refractivity contribution is 0.0530. The Labute approximate surface area is 154 Å². The normalized spacial score (nSPS) is 22.7. The number of methoxy groups -OCH3 is 1. The molecule has 4 rings (SSSR count). The number of phenolic OH excluding ortho intramolecular Hbond substituents is 1. The fourth-order valence-corrected chi connectivity index (χ4v) is 3.75. The second-order valence-electron chi connectivity index (χ2n) is 7.52. The summed E-state index contributed by atoms with van der Waals surface area (Å²) in [6.07, 6.45) is 4.93. The Kier molecular flexibility index (Phi) is 4.16. The zero-order chi connectivity index (χ0) is 18.3. The molecule has 0 amide bonds. The van der Waals surface area contributed by atoms with Crippen LogP contribution < -0.4 is 9.47 Å². The molecule has 2 aromatic rings. The number of phenols is 1. The summed E-state index contributed by atoms with van der Waals surface area (Å²) in [4.78, 5) is 0. The maximum absolute atomic E-state index is 9.58. The molecule has 0 bridgehead atoms. The molecule has 2 aromatic carbocycles. The Balaban J connectivity index is 1.73. The molecule has 2 aliphatic heterocycles. The van der Waals surface area contributed by atoms with E-state index in [1.54, 1.807) is 19.2 Å². The van der Waals surface area contributed by atoms with Crippen LogP contribution in [0.15, 0.2) is 42.5 Å². The maximum Gasteiger partial charge on any atom is 0.134 e. The first-order chi connectivity index (χ1) is 12.5. The van der Waals surface area contributed by atoms with E-state index in [2.05, 4.69) is 18.2 Å². The van der Waals surface area contributed by atoms with E-state index in [0.29, 0.717) is 6.61 Å². The second-order valence-corrected chi connectivity index (χ2v) is 7.52. The third-order valence-electron chi connectivity index (χ3n) is 5.07. The van der Waals surface area contributed by atoms with Gasteiger partial charge in [-0.15, -0.1) is 0 Å². The summed E-state index contributed by atoms with van der Waals surface area (Å²) in [6, 6.07) is 11.5. The minimum absolute atomic E-state index is 0.0909. The highest BCUT2D eigenvalue weighted by Gasteiger charge is 2.34. The maximum atomic E-state index is 9.58. The molecular formula is C22H24O4. The lowest BCUT2D eigenvalue weighted by Gasteiger charge is -2.36. The minimum Gasteiger partial charge on any atom is -0.508 e. The molecule has 0 radical (unpaired) electrons. The van der Waals surface area contributed by atoms with Gasteiger partial charge in [-0.05, 0) is 61.7 Å². The van der Waals surface area contributed by atoms with Crippen LogP contribution in [0.2, 0.25) is 0 Å². The molecule has 4 nitrogen and oxygen atoms in total. The first-order valence-corrected chi connectivity index (χ1v) is 8.95. The molecule has 0 saturated carbocycles. The third-order valence-corrected chi connectivity index (χ3v) is 5.07. The standard InChI is InChI=1S/C22H24O4/c1-22(2)11-10-17-19(26-22)9-6-15-12-18(14-4-7-16(23)8-5-14)20(13-24-3)25-21(15)17/h4-11,18,20,23H,12-13H2,1-3H3. The van der Waals surface area contributed by atoms with E-state index in [-0.39, 0.29) is 23.4 Å². The molecule has 0 saturated heterocycles. The van der Waals surface area contributed by atoms with Gasteiger partial charge in [-0.3, -0.25) is 0 Å². The van der Waals surface area contributed by atoms with Crippen LogP contribution in [0.3, 0.4) is 0 Å². The molecule has 2 heterocycles. The van der Waals surface area contributed by atoms with Crippen LogP contribution in [-0.2, 0) is 11.2 Å². The van der Waals surface area contributed by atoms with Gasteiger partial charge in [0.25, 0.3) is 0 Å². The van der Waals surface area contributed by atoms with Crippen LogP contribution in [-0.4, -0.2) is 30.5 Å². The van der Waals surface area contributed by atoms with E-state index < -0.39 is 0 Å². The summed E-state index contributed by atoms with van der Waals surface area (Å²) in [5.74, 6) is 2.20. The van der Waals surface area contributed by atoms with Gasteiger partial charge in [-0.25, -0.2) is 0 Å². The minimum atomic E-state index is -0.309. The summed E-state index contributed by atoms with van der Waals surface area (Å²) < 4.78 is 17.9. The second kappa shape index (κ2) is 6.36. The van der Waals surface area contributed by atoms with Gasteiger partial charge in [0, 0.05) is 13.0 Å². The van der Waals surface area contributed by atoms with Crippen LogP contribution in [0, 0.1) is 0 Å². The quantitative estimate of drug-likeness (QED) is 0.894. The Morgan fingerprint density at radius 1 is 1.15 bits per heavy atom. The van der Waals surface area contributed by atoms with Crippen LogP contribution in [0.4, 0.5) is 0 Å². The van der Waals surface area contributed by atoms with Crippen LogP contribution >= 0.6 is 0 Å². The van der Waals surface area contributed by atoms with E-state index in [4.69, 9.17) is 14.2 Å². The number of hydrogen-bond donors (Lipinski definition) is 1. The van der Waals surface area contributed by atoms with Crippen LogP contribution in [0.1, 0.15) is 36.5 Å². The number of benzene rings is 2. The van der Waals surface area contributed by atoms with Crippen molar-refractivity contribution in [2.24, 2.45) is 0 Å². The average molecular weight is 352 g/mol. The van der Waals surface area contributed by atoms with E-state index in [0.717, 1.165) is 29.0 Å². The fraction of sp³-hybridized carbons (Fsp3) is 0.364. The van der Waals surface area contributed by atoms with Gasteiger partial charge in [-0.1, -0.05) is 18.2 Å². The first-order valence-electron chi connectivity index (χ1n) is 8.95. The molecule has 0 spiro atoms. The van der Waals surface area contributed by atoms with E-state index >= 15 is 0 Å². The molecule has 1 N–H and O–H groups in total. The largest absolute Gasteiger partial charge is 0.508 e. The predicted octanol–water partition coefficient (Wildman–Crippen LogP) is 4.31. The van der Waals surface area contributed by atoms with Crippen LogP contribution in [0.5, 0.6) is 17.2 Å². The van der Waals surface area contributed by atoms with Crippen molar-refractivity contribution >= 4 is 6.08 Å². The lowest BCUT2D eigenvalue weighted by Crippen LogP contribution is -2.36. The average Bonchev–Trinajstić information content (AvgIpc) is 2.61. The van der Waals surface area contributed by atoms with E-state index in [1.165, 1.54) is 5.56 Å². The van der Waals surface area contributed by atoms with Gasteiger partial charge in [-0.2, -0.15) is 0 Å². The van der Waals surface area contributed by atoms with E-state index in [9.17, 15) is 5.11 Å². The summed E-state index contributed by atoms with van der Waals surface area (Å²) >= 11 is 0. The third kappa shape index (κ3) is 3.06. The highest BCUT2D eigenvalue weighted by molar-refractivity contribution is 5.69. The van der Waals surface area contributed by atoms with Gasteiger partial charge in [0.2, 0.25) is 0 Å². The van der Waals surface area contributed by atoms with Gasteiger partial charge in [0.05, 0.1) is 12.2 Å². The summed E-state index contributed by atoms with van der Waals surface area (Å²) in [6.45, 7) is 4.59. The van der Waals surface area contributed by atoms with Gasteiger partial charge < -0.3 is 19.3 Å². The van der Waals surface area contributed by atoms with Crippen LogP contribution in [0.25, 0.3) is 6.08 Å². The summed E-state index contributed by atoms with van der Waals surface area (Å²) in [5.41, 5.74) is 3.01. The van der Waals surface area contributed by atoms with Crippen molar-refractivity contribution in [2.45, 2.75) is 37.9 Å². The number of rotatable bonds is 3. The van der Waals surface area contributed by atoms with Crippen molar-refractivity contribution in [3.8, 4) is 17.2 Å². The summed E-state index contributed by atoms with van der Waals surface area (Å²) in [7, 11) is 1.69. The topological polar surface area (TPSA) is 47.9 Å². The monoisotopic (exact) mass is 352 g/mol. The fourth-order valence-electron chi connectivity index (χ4n) is 3.75.